The Hall–Kier alpha value is -4.37. The molecule has 5 aromatic rings. The second-order valence-electron chi connectivity index (χ2n) is 10.9. The number of nitrogens with zero attached hydrogens (tertiary/aromatic N) is 2. The molecule has 0 radical (unpaired) electrons. The molecule has 1 saturated heterocycles. The number of aromatic nitrogens is 3. The summed E-state index contributed by atoms with van der Waals surface area (Å²) in [7, 11) is 0. The fourth-order valence-electron chi connectivity index (χ4n) is 5.27. The van der Waals surface area contributed by atoms with Crippen LogP contribution < -0.4 is 5.32 Å². The molecule has 1 fully saturated rings. The highest BCUT2D eigenvalue weighted by atomic mass is 35.5. The van der Waals surface area contributed by atoms with Gasteiger partial charge in [0.15, 0.2) is 6.29 Å². The Morgan fingerprint density at radius 3 is 2.49 bits per heavy atom. The Morgan fingerprint density at radius 1 is 1.02 bits per heavy atom. The Morgan fingerprint density at radius 2 is 1.77 bits per heavy atom. The van der Waals surface area contributed by atoms with Crippen molar-refractivity contribution in [3.05, 3.63) is 131 Å². The number of H-pyrrole nitrogens is 1. The van der Waals surface area contributed by atoms with E-state index in [0.29, 0.717) is 36.0 Å². The van der Waals surface area contributed by atoms with Gasteiger partial charge in [-0.1, -0.05) is 73.1 Å². The number of halogens is 2. The number of aromatic amines is 1. The molecule has 0 spiro atoms. The summed E-state index contributed by atoms with van der Waals surface area (Å²) in [4.78, 5) is 18.4. The Labute approximate surface area is 254 Å². The fraction of sp³-hybridized carbons (Fsp3) is 0.206. The first-order chi connectivity index (χ1) is 20.9. The van der Waals surface area contributed by atoms with Gasteiger partial charge < -0.3 is 14.8 Å². The minimum Gasteiger partial charge on any atom is -0.348 e. The predicted molar refractivity (Wildman–Crippen MR) is 163 cm³/mol. The molecule has 43 heavy (non-hydrogen) atoms. The van der Waals surface area contributed by atoms with E-state index in [0.717, 1.165) is 16.8 Å². The molecule has 7 nitrogen and oxygen atoms in total. The first-order valence-corrected chi connectivity index (χ1v) is 14.4. The van der Waals surface area contributed by atoms with Crippen LogP contribution in [0.5, 0.6) is 0 Å². The molecule has 3 aromatic carbocycles. The molecule has 218 valence electrons. The molecule has 0 bridgehead atoms. The van der Waals surface area contributed by atoms with Gasteiger partial charge in [-0.15, -0.1) is 0 Å². The summed E-state index contributed by atoms with van der Waals surface area (Å²) in [6.45, 7) is 2.69. The van der Waals surface area contributed by atoms with Gasteiger partial charge in [-0.2, -0.15) is 5.10 Å². The second-order valence-corrected chi connectivity index (χ2v) is 11.3. The van der Waals surface area contributed by atoms with Gasteiger partial charge >= 0.3 is 0 Å². The molecule has 2 aromatic heterocycles. The Bertz CT molecular complexity index is 1690. The largest absolute Gasteiger partial charge is 0.348 e. The van der Waals surface area contributed by atoms with Crippen LogP contribution in [0.4, 0.5) is 4.39 Å². The number of carbonyl (C=O) groups excluding carboxylic acids is 1. The van der Waals surface area contributed by atoms with Crippen molar-refractivity contribution in [1.82, 2.24) is 20.5 Å². The summed E-state index contributed by atoms with van der Waals surface area (Å²) in [6.07, 6.45) is 1.66. The van der Waals surface area contributed by atoms with E-state index in [1.54, 1.807) is 30.5 Å². The third-order valence-corrected chi connectivity index (χ3v) is 7.98. The lowest BCUT2D eigenvalue weighted by molar-refractivity contribution is -0.235. The summed E-state index contributed by atoms with van der Waals surface area (Å²) < 4.78 is 27.7. The van der Waals surface area contributed by atoms with Gasteiger partial charge in [-0.25, -0.2) is 4.39 Å². The van der Waals surface area contributed by atoms with Gasteiger partial charge in [0.1, 0.15) is 5.82 Å². The van der Waals surface area contributed by atoms with E-state index in [1.165, 1.54) is 12.1 Å². The van der Waals surface area contributed by atoms with Crippen molar-refractivity contribution >= 4 is 17.5 Å². The molecule has 1 amide bonds. The lowest BCUT2D eigenvalue weighted by Gasteiger charge is -2.43. The van der Waals surface area contributed by atoms with Gasteiger partial charge in [0.25, 0.3) is 5.91 Å². The van der Waals surface area contributed by atoms with Crippen molar-refractivity contribution in [2.75, 3.05) is 13.2 Å². The van der Waals surface area contributed by atoms with Crippen molar-refractivity contribution in [1.29, 1.82) is 0 Å². The highest BCUT2D eigenvalue weighted by Crippen LogP contribution is 2.36. The molecule has 0 saturated carbocycles. The minimum absolute atomic E-state index is 0.134. The highest BCUT2D eigenvalue weighted by molar-refractivity contribution is 6.30. The van der Waals surface area contributed by atoms with Crippen molar-refractivity contribution in [2.45, 2.75) is 25.7 Å². The van der Waals surface area contributed by atoms with E-state index in [1.807, 2.05) is 67.6 Å². The summed E-state index contributed by atoms with van der Waals surface area (Å²) in [6, 6.07) is 28.3. The average molecular weight is 597 g/mol. The van der Waals surface area contributed by atoms with Gasteiger partial charge in [-0.05, 0) is 42.5 Å². The van der Waals surface area contributed by atoms with E-state index in [2.05, 4.69) is 20.5 Å². The van der Waals surface area contributed by atoms with Crippen LogP contribution in [0.25, 0.3) is 22.5 Å². The molecule has 2 N–H and O–H groups in total. The predicted octanol–water partition coefficient (Wildman–Crippen LogP) is 7.02. The molecule has 9 heteroatoms. The monoisotopic (exact) mass is 596 g/mol. The first kappa shape index (κ1) is 28.7. The zero-order valence-corrected chi connectivity index (χ0v) is 24.2. The smallest absolute Gasteiger partial charge is 0.252 e. The van der Waals surface area contributed by atoms with E-state index in [-0.39, 0.29) is 11.1 Å². The molecule has 1 aliphatic rings. The van der Waals surface area contributed by atoms with E-state index in [4.69, 9.17) is 21.1 Å². The van der Waals surface area contributed by atoms with Gasteiger partial charge in [0.2, 0.25) is 0 Å². The molecule has 1 unspecified atom stereocenters. The van der Waals surface area contributed by atoms with Gasteiger partial charge in [0, 0.05) is 51.5 Å². The molecule has 1 aliphatic heterocycles. The van der Waals surface area contributed by atoms with Crippen LogP contribution in [0.2, 0.25) is 5.02 Å². The van der Waals surface area contributed by atoms with Gasteiger partial charge in [-0.3, -0.25) is 14.9 Å². The van der Waals surface area contributed by atoms with Crippen LogP contribution in [0.1, 0.15) is 34.8 Å². The number of nitrogens with one attached hydrogen (secondary N) is 2. The molecule has 6 rings (SSSR count). The normalized spacial score (nSPS) is 19.1. The van der Waals surface area contributed by atoms with Crippen LogP contribution >= 0.6 is 11.6 Å². The molecule has 1 atom stereocenters. The molecular weight excluding hydrogens is 567 g/mol. The van der Waals surface area contributed by atoms with Crippen molar-refractivity contribution in [3.8, 4) is 22.5 Å². The topological polar surface area (TPSA) is 89.1 Å². The standard InChI is InChI=1S/C34H30ClFN4O3/c1-34(20-42-33(43-21-34)23-8-3-2-4-9-23)30(18-25-10-5-6-17-37-25)38-32(41)26-11-7-12-27(36)31(26)29-19-28(39-40-29)22-13-15-24(35)16-14-22/h2-17,19,30,33H,18,20-21H2,1H3,(H,38,41)(H,39,40). The van der Waals surface area contributed by atoms with Crippen LogP contribution in [0.15, 0.2) is 103 Å². The molecular formula is C34H30ClFN4O3. The lowest BCUT2D eigenvalue weighted by atomic mass is 9.80. The Kier molecular flexibility index (Phi) is 8.33. The van der Waals surface area contributed by atoms with Crippen LogP contribution in [-0.4, -0.2) is 40.3 Å². The summed E-state index contributed by atoms with van der Waals surface area (Å²) in [5.41, 5.74) is 3.25. The zero-order valence-electron chi connectivity index (χ0n) is 23.5. The molecule has 0 aliphatic carbocycles. The van der Waals surface area contributed by atoms with E-state index in [9.17, 15) is 4.79 Å². The van der Waals surface area contributed by atoms with Crippen molar-refractivity contribution < 1.29 is 18.7 Å². The average Bonchev–Trinajstić information content (AvgIpc) is 3.52. The van der Waals surface area contributed by atoms with E-state index >= 15 is 4.39 Å². The minimum atomic E-state index is -0.596. The SMILES string of the molecule is CC1(C(Cc2ccccn2)NC(=O)c2cccc(F)c2-c2cc(-c3ccc(Cl)cc3)n[nH]2)COC(c2ccccc2)OC1. The quantitative estimate of drug-likeness (QED) is 0.201. The number of hydrogen-bond acceptors (Lipinski definition) is 5. The number of carbonyl (C=O) groups is 1. The maximum atomic E-state index is 15.4. The maximum Gasteiger partial charge on any atom is 0.252 e. The number of ether oxygens (including phenoxy) is 2. The Balaban J connectivity index is 1.28. The zero-order chi connectivity index (χ0) is 29.8. The highest BCUT2D eigenvalue weighted by Gasteiger charge is 2.41. The number of benzene rings is 3. The lowest BCUT2D eigenvalue weighted by Crippen LogP contribution is -2.54. The van der Waals surface area contributed by atoms with Crippen molar-refractivity contribution in [3.63, 3.8) is 0 Å². The second kappa shape index (κ2) is 12.5. The third-order valence-electron chi connectivity index (χ3n) is 7.73. The third kappa shape index (κ3) is 6.37. The summed E-state index contributed by atoms with van der Waals surface area (Å²) in [5, 5.41) is 11.0. The maximum absolute atomic E-state index is 15.4. The van der Waals surface area contributed by atoms with Crippen LogP contribution in [-0.2, 0) is 15.9 Å². The fourth-order valence-corrected chi connectivity index (χ4v) is 5.39. The number of amides is 1. The van der Waals surface area contributed by atoms with Crippen LogP contribution in [0, 0.1) is 11.2 Å². The first-order valence-electron chi connectivity index (χ1n) is 14.0. The summed E-state index contributed by atoms with van der Waals surface area (Å²) >= 11 is 6.03. The van der Waals surface area contributed by atoms with Crippen LogP contribution in [0.3, 0.4) is 0 Å². The number of hydrogen-bond donors (Lipinski definition) is 2. The van der Waals surface area contributed by atoms with E-state index < -0.39 is 29.5 Å². The summed E-state index contributed by atoms with van der Waals surface area (Å²) in [5.74, 6) is -0.967. The van der Waals surface area contributed by atoms with Gasteiger partial charge in [0.05, 0.1) is 30.2 Å². The van der Waals surface area contributed by atoms with Crippen molar-refractivity contribution in [2.24, 2.45) is 5.41 Å². The molecule has 3 heterocycles. The number of pyridine rings is 1. The number of rotatable bonds is 8.